The van der Waals surface area contributed by atoms with Crippen molar-refractivity contribution in [1.29, 1.82) is 0 Å². The lowest BCUT2D eigenvalue weighted by Gasteiger charge is -2.26. The van der Waals surface area contributed by atoms with Crippen molar-refractivity contribution in [3.05, 3.63) is 0 Å². The first-order valence-corrected chi connectivity index (χ1v) is 2.86. The van der Waals surface area contributed by atoms with Crippen molar-refractivity contribution in [3.8, 4) is 0 Å². The van der Waals surface area contributed by atoms with Crippen LogP contribution in [-0.4, -0.2) is 40.4 Å². The van der Waals surface area contributed by atoms with Crippen LogP contribution >= 0.6 is 0 Å². The van der Waals surface area contributed by atoms with Crippen molar-refractivity contribution in [2.75, 3.05) is 6.61 Å². The molecule has 0 bridgehead atoms. The van der Waals surface area contributed by atoms with E-state index in [4.69, 9.17) is 15.3 Å². The summed E-state index contributed by atoms with van der Waals surface area (Å²) in [5.41, 5.74) is 0. The van der Waals surface area contributed by atoms with Crippen LogP contribution in [0.5, 0.6) is 0 Å². The minimum atomic E-state index is -0.914. The first kappa shape index (κ1) is 6.95. The molecule has 1 heterocycles. The molecule has 1 fully saturated rings. The summed E-state index contributed by atoms with van der Waals surface area (Å²) in [5, 5.41) is 26.4. The van der Waals surface area contributed by atoms with Gasteiger partial charge in [0.1, 0.15) is 6.10 Å². The van der Waals surface area contributed by atoms with Gasteiger partial charge < -0.3 is 20.1 Å². The summed E-state index contributed by atoms with van der Waals surface area (Å²) in [6.07, 6.45) is -2.49. The molecule has 3 N–H and O–H groups in total. The van der Waals surface area contributed by atoms with Gasteiger partial charge in [0.05, 0.1) is 12.7 Å². The van der Waals surface area contributed by atoms with Crippen LogP contribution in [0.4, 0.5) is 0 Å². The molecule has 4 heteroatoms. The number of hydrogen-bond donors (Lipinski definition) is 3. The van der Waals surface area contributed by atoms with E-state index in [-0.39, 0.29) is 13.0 Å². The van der Waals surface area contributed by atoms with Crippen LogP contribution in [0.1, 0.15) is 6.42 Å². The highest BCUT2D eigenvalue weighted by atomic mass is 16.6. The molecule has 1 aliphatic heterocycles. The molecule has 1 rings (SSSR count). The second kappa shape index (κ2) is 2.62. The average molecular weight is 134 g/mol. The quantitative estimate of drug-likeness (QED) is 0.375. The van der Waals surface area contributed by atoms with Crippen molar-refractivity contribution in [2.45, 2.75) is 24.9 Å². The van der Waals surface area contributed by atoms with Gasteiger partial charge in [-0.2, -0.15) is 0 Å². The smallest absolute Gasteiger partial charge is 0.157 e. The first-order chi connectivity index (χ1) is 4.20. The third-order valence-corrected chi connectivity index (χ3v) is 1.35. The number of rotatable bonds is 0. The molecule has 0 aromatic rings. The molecule has 0 radical (unpaired) electrons. The van der Waals surface area contributed by atoms with E-state index in [2.05, 4.69) is 4.74 Å². The molecule has 0 spiro atoms. The Labute approximate surface area is 52.7 Å². The van der Waals surface area contributed by atoms with Crippen molar-refractivity contribution >= 4 is 0 Å². The fourth-order valence-corrected chi connectivity index (χ4v) is 0.752. The molecule has 0 aliphatic carbocycles. The molecule has 0 aromatic heterocycles. The second-order valence-corrected chi connectivity index (χ2v) is 2.16. The minimum Gasteiger partial charge on any atom is -0.390 e. The van der Waals surface area contributed by atoms with Crippen LogP contribution < -0.4 is 0 Å². The Morgan fingerprint density at radius 1 is 1.11 bits per heavy atom. The highest BCUT2D eigenvalue weighted by Gasteiger charge is 2.26. The molecule has 1 saturated heterocycles. The molecular weight excluding hydrogens is 124 g/mol. The maximum absolute atomic E-state index is 8.86. The van der Waals surface area contributed by atoms with Gasteiger partial charge in [-0.15, -0.1) is 0 Å². The molecule has 3 atom stereocenters. The number of hydrogen-bond acceptors (Lipinski definition) is 4. The van der Waals surface area contributed by atoms with Crippen LogP contribution in [0.2, 0.25) is 0 Å². The minimum absolute atomic E-state index is 0.0162. The standard InChI is InChI=1S/C5H10O4/c6-3-1-5(8)9-2-4(3)7/h3-8H,1-2H2/t3-,4-,5-/m0/s1. The third kappa shape index (κ3) is 1.62. The van der Waals surface area contributed by atoms with Gasteiger partial charge in [-0.3, -0.25) is 0 Å². The molecule has 0 unspecified atom stereocenters. The zero-order chi connectivity index (χ0) is 6.85. The normalized spacial score (nSPS) is 45.0. The topological polar surface area (TPSA) is 69.9 Å². The highest BCUT2D eigenvalue weighted by molar-refractivity contribution is 4.72. The van der Waals surface area contributed by atoms with Gasteiger partial charge in [0.2, 0.25) is 0 Å². The fraction of sp³-hybridized carbons (Fsp3) is 1.00. The Morgan fingerprint density at radius 2 is 1.78 bits per heavy atom. The van der Waals surface area contributed by atoms with Gasteiger partial charge in [-0.1, -0.05) is 0 Å². The molecule has 0 saturated carbocycles. The van der Waals surface area contributed by atoms with E-state index in [0.717, 1.165) is 0 Å². The summed E-state index contributed by atoms with van der Waals surface area (Å²) < 4.78 is 4.61. The molecule has 0 amide bonds. The molecule has 9 heavy (non-hydrogen) atoms. The summed E-state index contributed by atoms with van der Waals surface area (Å²) >= 11 is 0. The van der Waals surface area contributed by atoms with Crippen molar-refractivity contribution in [1.82, 2.24) is 0 Å². The van der Waals surface area contributed by atoms with E-state index >= 15 is 0 Å². The van der Waals surface area contributed by atoms with E-state index in [1.54, 1.807) is 0 Å². The van der Waals surface area contributed by atoms with Crippen molar-refractivity contribution in [3.63, 3.8) is 0 Å². The van der Waals surface area contributed by atoms with Gasteiger partial charge in [-0.05, 0) is 0 Å². The van der Waals surface area contributed by atoms with Gasteiger partial charge in [0, 0.05) is 6.42 Å². The van der Waals surface area contributed by atoms with Crippen molar-refractivity contribution < 1.29 is 20.1 Å². The monoisotopic (exact) mass is 134 g/mol. The van der Waals surface area contributed by atoms with Crippen LogP contribution in [0, 0.1) is 0 Å². The Hall–Kier alpha value is -0.160. The average Bonchev–Trinajstić information content (AvgIpc) is 1.80. The maximum Gasteiger partial charge on any atom is 0.157 e. The summed E-state index contributed by atoms with van der Waals surface area (Å²) in [5.74, 6) is 0. The van der Waals surface area contributed by atoms with Gasteiger partial charge in [0.15, 0.2) is 6.29 Å². The zero-order valence-corrected chi connectivity index (χ0v) is 4.90. The number of aliphatic hydroxyl groups excluding tert-OH is 3. The molecule has 1 aliphatic rings. The number of aliphatic hydroxyl groups is 3. The Bertz CT molecular complexity index is 95.0. The molecule has 4 nitrogen and oxygen atoms in total. The maximum atomic E-state index is 8.86. The van der Waals surface area contributed by atoms with Crippen LogP contribution in [0.3, 0.4) is 0 Å². The summed E-state index contributed by atoms with van der Waals surface area (Å²) in [7, 11) is 0. The van der Waals surface area contributed by atoms with Crippen molar-refractivity contribution in [2.24, 2.45) is 0 Å². The second-order valence-electron chi connectivity index (χ2n) is 2.16. The summed E-state index contributed by atoms with van der Waals surface area (Å²) in [4.78, 5) is 0. The van der Waals surface area contributed by atoms with Gasteiger partial charge in [-0.25, -0.2) is 0 Å². The summed E-state index contributed by atoms with van der Waals surface area (Å²) in [6.45, 7) is 0.0162. The van der Waals surface area contributed by atoms with E-state index in [9.17, 15) is 0 Å². The lowest BCUT2D eigenvalue weighted by atomic mass is 10.1. The lowest BCUT2D eigenvalue weighted by Crippen LogP contribution is -2.40. The van der Waals surface area contributed by atoms with Crippen LogP contribution in [0.15, 0.2) is 0 Å². The van der Waals surface area contributed by atoms with Crippen LogP contribution in [-0.2, 0) is 4.74 Å². The first-order valence-electron chi connectivity index (χ1n) is 2.86. The largest absolute Gasteiger partial charge is 0.390 e. The third-order valence-electron chi connectivity index (χ3n) is 1.35. The Balaban J connectivity index is 2.35. The Morgan fingerprint density at radius 3 is 2.22 bits per heavy atom. The van der Waals surface area contributed by atoms with Gasteiger partial charge >= 0.3 is 0 Å². The molecule has 0 aromatic carbocycles. The van der Waals surface area contributed by atoms with E-state index in [1.807, 2.05) is 0 Å². The van der Waals surface area contributed by atoms with E-state index in [0.29, 0.717) is 0 Å². The van der Waals surface area contributed by atoms with Crippen LogP contribution in [0.25, 0.3) is 0 Å². The predicted octanol–water partition coefficient (Wildman–Crippen LogP) is -1.55. The predicted molar refractivity (Wildman–Crippen MR) is 28.6 cm³/mol. The fourth-order valence-electron chi connectivity index (χ4n) is 0.752. The summed E-state index contributed by atoms with van der Waals surface area (Å²) in [6, 6.07) is 0. The van der Waals surface area contributed by atoms with E-state index in [1.165, 1.54) is 0 Å². The van der Waals surface area contributed by atoms with Gasteiger partial charge in [0.25, 0.3) is 0 Å². The zero-order valence-electron chi connectivity index (χ0n) is 4.90. The SMILES string of the molecule is O[C@@H]1C[C@H](O)[C@@H](O)CO1. The molecular formula is C5H10O4. The lowest BCUT2D eigenvalue weighted by molar-refractivity contribution is -0.193. The van der Waals surface area contributed by atoms with E-state index < -0.39 is 18.5 Å². The number of ether oxygens (including phenoxy) is 1. The highest BCUT2D eigenvalue weighted by Crippen LogP contribution is 2.11. The molecule has 54 valence electrons. The Kier molecular flexibility index (Phi) is 2.02.